The summed E-state index contributed by atoms with van der Waals surface area (Å²) in [6.45, 7) is 3.52. The molecule has 0 radical (unpaired) electrons. The number of carboxylic acids is 1. The number of carboxylic acid groups (broad SMARTS) is 1. The van der Waals surface area contributed by atoms with Gasteiger partial charge in [-0.3, -0.25) is 4.79 Å². The number of hydrogen-bond donors (Lipinski definition) is 1. The summed E-state index contributed by atoms with van der Waals surface area (Å²) >= 11 is 3.11. The van der Waals surface area contributed by atoms with Crippen molar-refractivity contribution in [1.82, 2.24) is 15.0 Å². The minimum absolute atomic E-state index is 0.204. The highest BCUT2D eigenvalue weighted by molar-refractivity contribution is 9.10. The Labute approximate surface area is 117 Å². The molecule has 0 amide bonds. The zero-order valence-electron chi connectivity index (χ0n) is 10.3. The molecule has 0 bridgehead atoms. The SMILES string of the molecule is Cc1cc(Br)c(F)cc1-n1nnc(CC(=O)O)c1C. The molecule has 0 aliphatic heterocycles. The number of carbonyl (C=O) groups is 1. The largest absolute Gasteiger partial charge is 0.481 e. The van der Waals surface area contributed by atoms with Crippen LogP contribution in [0.3, 0.4) is 0 Å². The number of rotatable bonds is 3. The average molecular weight is 328 g/mol. The fourth-order valence-electron chi connectivity index (χ4n) is 1.76. The predicted octanol–water partition coefficient (Wildman–Crippen LogP) is 2.41. The molecule has 1 N–H and O–H groups in total. The zero-order valence-corrected chi connectivity index (χ0v) is 11.9. The number of benzene rings is 1. The molecule has 100 valence electrons. The summed E-state index contributed by atoms with van der Waals surface area (Å²) in [6, 6.07) is 2.98. The summed E-state index contributed by atoms with van der Waals surface area (Å²) in [7, 11) is 0. The van der Waals surface area contributed by atoms with Crippen LogP contribution >= 0.6 is 15.9 Å². The van der Waals surface area contributed by atoms with Gasteiger partial charge in [-0.2, -0.15) is 0 Å². The molecule has 2 rings (SSSR count). The van der Waals surface area contributed by atoms with E-state index in [4.69, 9.17) is 5.11 Å². The summed E-state index contributed by atoms with van der Waals surface area (Å²) < 4.78 is 15.4. The van der Waals surface area contributed by atoms with Crippen LogP contribution in [0.15, 0.2) is 16.6 Å². The highest BCUT2D eigenvalue weighted by Gasteiger charge is 2.15. The summed E-state index contributed by atoms with van der Waals surface area (Å²) in [5, 5.41) is 16.5. The lowest BCUT2D eigenvalue weighted by molar-refractivity contribution is -0.136. The number of hydrogen-bond acceptors (Lipinski definition) is 3. The van der Waals surface area contributed by atoms with Crippen molar-refractivity contribution >= 4 is 21.9 Å². The number of halogens is 2. The van der Waals surface area contributed by atoms with E-state index in [1.807, 2.05) is 6.92 Å². The van der Waals surface area contributed by atoms with E-state index in [1.54, 1.807) is 13.0 Å². The lowest BCUT2D eigenvalue weighted by Gasteiger charge is -2.08. The Balaban J connectivity index is 2.51. The monoisotopic (exact) mass is 327 g/mol. The molecule has 0 atom stereocenters. The van der Waals surface area contributed by atoms with E-state index in [0.29, 0.717) is 21.5 Å². The number of nitrogens with zero attached hydrogens (tertiary/aromatic N) is 3. The van der Waals surface area contributed by atoms with E-state index in [9.17, 15) is 9.18 Å². The van der Waals surface area contributed by atoms with E-state index in [-0.39, 0.29) is 6.42 Å². The minimum Gasteiger partial charge on any atom is -0.481 e. The first kappa shape index (κ1) is 13.7. The molecule has 0 saturated heterocycles. The van der Waals surface area contributed by atoms with Crippen molar-refractivity contribution in [2.24, 2.45) is 0 Å². The molecule has 0 fully saturated rings. The van der Waals surface area contributed by atoms with Gasteiger partial charge >= 0.3 is 5.97 Å². The standard InChI is InChI=1S/C12H11BrFN3O2/c1-6-3-8(13)9(14)4-11(6)17-7(2)10(15-16-17)5-12(18)19/h3-4H,5H2,1-2H3,(H,18,19). The van der Waals surface area contributed by atoms with Crippen LogP contribution in [-0.2, 0) is 11.2 Å². The maximum Gasteiger partial charge on any atom is 0.309 e. The number of aryl methyl sites for hydroxylation is 1. The fraction of sp³-hybridized carbons (Fsp3) is 0.250. The van der Waals surface area contributed by atoms with E-state index in [2.05, 4.69) is 26.2 Å². The second-order valence-electron chi connectivity index (χ2n) is 4.16. The Morgan fingerprint density at radius 1 is 1.47 bits per heavy atom. The Hall–Kier alpha value is -1.76. The third-order valence-corrected chi connectivity index (χ3v) is 3.38. The number of aliphatic carboxylic acids is 1. The highest BCUT2D eigenvalue weighted by Crippen LogP contribution is 2.24. The van der Waals surface area contributed by atoms with Gasteiger partial charge in [0, 0.05) is 6.07 Å². The molecule has 7 heteroatoms. The topological polar surface area (TPSA) is 68.0 Å². The van der Waals surface area contributed by atoms with Gasteiger partial charge in [0.25, 0.3) is 0 Å². The summed E-state index contributed by atoms with van der Waals surface area (Å²) in [6.07, 6.45) is -0.204. The third kappa shape index (κ3) is 2.65. The predicted molar refractivity (Wildman–Crippen MR) is 69.8 cm³/mol. The minimum atomic E-state index is -0.978. The van der Waals surface area contributed by atoms with Crippen molar-refractivity contribution in [1.29, 1.82) is 0 Å². The van der Waals surface area contributed by atoms with Crippen molar-refractivity contribution in [3.8, 4) is 5.69 Å². The van der Waals surface area contributed by atoms with Crippen molar-refractivity contribution < 1.29 is 14.3 Å². The first-order chi connectivity index (χ1) is 8.90. The quantitative estimate of drug-likeness (QED) is 0.940. The summed E-state index contributed by atoms with van der Waals surface area (Å²) in [5.74, 6) is -1.39. The molecule has 0 aliphatic rings. The van der Waals surface area contributed by atoms with Gasteiger partial charge in [-0.05, 0) is 41.4 Å². The van der Waals surface area contributed by atoms with Gasteiger partial charge in [-0.1, -0.05) is 5.21 Å². The first-order valence-electron chi connectivity index (χ1n) is 5.49. The molecule has 19 heavy (non-hydrogen) atoms. The Kier molecular flexibility index (Phi) is 3.66. The van der Waals surface area contributed by atoms with Gasteiger partial charge in [0.15, 0.2) is 0 Å². The Bertz CT molecular complexity index is 655. The van der Waals surface area contributed by atoms with E-state index in [1.165, 1.54) is 10.7 Å². The maximum absolute atomic E-state index is 13.6. The number of aromatic nitrogens is 3. The molecule has 0 aliphatic carbocycles. The molecule has 0 unspecified atom stereocenters. The molecule has 2 aromatic rings. The molecule has 1 heterocycles. The van der Waals surface area contributed by atoms with Crippen LogP contribution in [0.5, 0.6) is 0 Å². The smallest absolute Gasteiger partial charge is 0.309 e. The summed E-state index contributed by atoms with van der Waals surface area (Å²) in [4.78, 5) is 10.7. The van der Waals surface area contributed by atoms with Crippen molar-refractivity contribution in [3.63, 3.8) is 0 Å². The third-order valence-electron chi connectivity index (χ3n) is 2.78. The fourth-order valence-corrected chi connectivity index (χ4v) is 2.22. The van der Waals surface area contributed by atoms with Crippen LogP contribution < -0.4 is 0 Å². The zero-order chi connectivity index (χ0) is 14.2. The lowest BCUT2D eigenvalue weighted by Crippen LogP contribution is -2.05. The first-order valence-corrected chi connectivity index (χ1v) is 6.28. The van der Waals surface area contributed by atoms with E-state index < -0.39 is 11.8 Å². The van der Waals surface area contributed by atoms with Crippen molar-refractivity contribution in [2.45, 2.75) is 20.3 Å². The van der Waals surface area contributed by atoms with Crippen LogP contribution in [-0.4, -0.2) is 26.1 Å². The van der Waals surface area contributed by atoms with E-state index in [0.717, 1.165) is 5.56 Å². The highest BCUT2D eigenvalue weighted by atomic mass is 79.9. The van der Waals surface area contributed by atoms with Crippen LogP contribution in [0, 0.1) is 19.7 Å². The summed E-state index contributed by atoms with van der Waals surface area (Å²) in [5.41, 5.74) is 2.31. The van der Waals surface area contributed by atoms with Gasteiger partial charge in [0.2, 0.25) is 0 Å². The van der Waals surface area contributed by atoms with Crippen LogP contribution in [0.1, 0.15) is 17.0 Å². The molecule has 1 aromatic heterocycles. The molecular weight excluding hydrogens is 317 g/mol. The lowest BCUT2D eigenvalue weighted by atomic mass is 10.2. The van der Waals surface area contributed by atoms with Crippen molar-refractivity contribution in [2.75, 3.05) is 0 Å². The van der Waals surface area contributed by atoms with Gasteiger partial charge in [-0.15, -0.1) is 5.10 Å². The van der Waals surface area contributed by atoms with Gasteiger partial charge in [0.1, 0.15) is 5.82 Å². The molecule has 5 nitrogen and oxygen atoms in total. The van der Waals surface area contributed by atoms with Crippen LogP contribution in [0.25, 0.3) is 5.69 Å². The van der Waals surface area contributed by atoms with E-state index >= 15 is 0 Å². The average Bonchev–Trinajstić information content (AvgIpc) is 2.65. The molecule has 1 aromatic carbocycles. The normalized spacial score (nSPS) is 10.7. The van der Waals surface area contributed by atoms with Crippen molar-refractivity contribution in [3.05, 3.63) is 39.4 Å². The molecule has 0 spiro atoms. The Morgan fingerprint density at radius 2 is 2.16 bits per heavy atom. The maximum atomic E-state index is 13.6. The Morgan fingerprint density at radius 3 is 2.79 bits per heavy atom. The van der Waals surface area contributed by atoms with Gasteiger partial charge in [-0.25, -0.2) is 9.07 Å². The van der Waals surface area contributed by atoms with Gasteiger partial charge < -0.3 is 5.11 Å². The van der Waals surface area contributed by atoms with Crippen LogP contribution in [0.4, 0.5) is 4.39 Å². The van der Waals surface area contributed by atoms with Crippen LogP contribution in [0.2, 0.25) is 0 Å². The van der Waals surface area contributed by atoms with Gasteiger partial charge in [0.05, 0.1) is 28.0 Å². The molecular formula is C12H11BrFN3O2. The molecule has 0 saturated carbocycles. The second kappa shape index (κ2) is 5.08. The second-order valence-corrected chi connectivity index (χ2v) is 5.01.